The smallest absolute Gasteiger partial charge is 0.306 e. The second kappa shape index (κ2) is 70.4. The summed E-state index contributed by atoms with van der Waals surface area (Å²) in [5, 5.41) is 0. The molecular formula is C75H142O6. The molecule has 0 saturated heterocycles. The van der Waals surface area contributed by atoms with Crippen LogP contribution in [0.5, 0.6) is 0 Å². The fourth-order valence-electron chi connectivity index (χ4n) is 11.4. The summed E-state index contributed by atoms with van der Waals surface area (Å²) in [5.74, 6) is -0.837. The molecule has 0 bridgehead atoms. The van der Waals surface area contributed by atoms with Gasteiger partial charge in [0.05, 0.1) is 0 Å². The number of hydrogen-bond donors (Lipinski definition) is 0. The number of carbonyl (C=O) groups is 3. The summed E-state index contributed by atoms with van der Waals surface area (Å²) in [6.07, 6.45) is 86.5. The van der Waals surface area contributed by atoms with Crippen molar-refractivity contribution < 1.29 is 28.6 Å². The molecule has 0 saturated carbocycles. The molecular weight excluding hydrogens is 997 g/mol. The minimum absolute atomic E-state index is 0.0663. The van der Waals surface area contributed by atoms with Crippen molar-refractivity contribution in [1.82, 2.24) is 0 Å². The highest BCUT2D eigenvalue weighted by Crippen LogP contribution is 2.19. The summed E-state index contributed by atoms with van der Waals surface area (Å²) >= 11 is 0. The number of unbranched alkanes of at least 4 members (excludes halogenated alkanes) is 54. The molecule has 478 valence electrons. The first kappa shape index (κ1) is 78.9. The molecule has 1 atom stereocenters. The van der Waals surface area contributed by atoms with E-state index in [1.807, 2.05) is 0 Å². The van der Waals surface area contributed by atoms with Gasteiger partial charge in [-0.2, -0.15) is 0 Å². The second-order valence-electron chi connectivity index (χ2n) is 25.2. The molecule has 0 aromatic carbocycles. The number of allylic oxidation sites excluding steroid dienone is 4. The molecule has 0 rings (SSSR count). The molecule has 0 spiro atoms. The van der Waals surface area contributed by atoms with Crippen molar-refractivity contribution in [3.63, 3.8) is 0 Å². The summed E-state index contributed by atoms with van der Waals surface area (Å²) in [4.78, 5) is 38.4. The minimum atomic E-state index is -0.771. The van der Waals surface area contributed by atoms with Gasteiger partial charge >= 0.3 is 17.9 Å². The van der Waals surface area contributed by atoms with Gasteiger partial charge in [-0.1, -0.05) is 373 Å². The Hall–Kier alpha value is -2.11. The molecule has 0 radical (unpaired) electrons. The standard InChI is InChI=1S/C75H142O6/c1-4-7-10-13-16-19-22-25-28-30-32-33-34-35-36-37-38-39-40-41-42-44-45-47-50-53-56-59-62-65-68-74(77)80-71-72(70-79-73(76)67-64-61-58-55-52-49-27-24-21-18-15-12-9-6-3)81-75(78)69-66-63-60-57-54-51-48-46-43-31-29-26-23-20-17-14-11-8-5-2/h17,20,26,29,72H,4-16,18-19,21-25,27-28,30-71H2,1-3H3/b20-17-,29-26-. The van der Waals surface area contributed by atoms with E-state index < -0.39 is 6.10 Å². The van der Waals surface area contributed by atoms with Gasteiger partial charge in [-0.15, -0.1) is 0 Å². The van der Waals surface area contributed by atoms with E-state index in [1.165, 1.54) is 315 Å². The van der Waals surface area contributed by atoms with Gasteiger partial charge in [0.25, 0.3) is 0 Å². The number of carbonyl (C=O) groups excluding carboxylic acids is 3. The number of rotatable bonds is 69. The maximum Gasteiger partial charge on any atom is 0.306 e. The topological polar surface area (TPSA) is 78.9 Å². The summed E-state index contributed by atoms with van der Waals surface area (Å²) in [6, 6.07) is 0. The predicted molar refractivity (Wildman–Crippen MR) is 353 cm³/mol. The van der Waals surface area contributed by atoms with Crippen molar-refractivity contribution in [2.24, 2.45) is 0 Å². The van der Waals surface area contributed by atoms with Crippen LogP contribution in [-0.4, -0.2) is 37.2 Å². The number of ether oxygens (including phenoxy) is 3. The maximum absolute atomic E-state index is 12.9. The lowest BCUT2D eigenvalue weighted by Gasteiger charge is -2.18. The molecule has 0 heterocycles. The minimum Gasteiger partial charge on any atom is -0.462 e. The van der Waals surface area contributed by atoms with E-state index in [9.17, 15) is 14.4 Å². The van der Waals surface area contributed by atoms with Gasteiger partial charge in [-0.25, -0.2) is 0 Å². The molecule has 0 aromatic heterocycles. The van der Waals surface area contributed by atoms with Gasteiger partial charge in [0.1, 0.15) is 13.2 Å². The Bertz CT molecular complexity index is 1310. The Morgan fingerprint density at radius 2 is 0.444 bits per heavy atom. The average molecular weight is 1140 g/mol. The number of hydrogen-bond acceptors (Lipinski definition) is 6. The van der Waals surface area contributed by atoms with Gasteiger partial charge < -0.3 is 14.2 Å². The van der Waals surface area contributed by atoms with E-state index in [0.717, 1.165) is 64.2 Å². The van der Waals surface area contributed by atoms with E-state index in [0.29, 0.717) is 19.3 Å². The first-order valence-corrected chi connectivity index (χ1v) is 36.8. The normalized spacial score (nSPS) is 12.1. The largest absolute Gasteiger partial charge is 0.462 e. The Balaban J connectivity index is 4.16. The zero-order valence-electron chi connectivity index (χ0n) is 55.1. The van der Waals surface area contributed by atoms with Gasteiger partial charge in [-0.3, -0.25) is 14.4 Å². The van der Waals surface area contributed by atoms with Gasteiger partial charge in [0.2, 0.25) is 0 Å². The molecule has 0 aliphatic rings. The van der Waals surface area contributed by atoms with Gasteiger partial charge in [-0.05, 0) is 51.4 Å². The van der Waals surface area contributed by atoms with E-state index in [4.69, 9.17) is 14.2 Å². The molecule has 0 aromatic rings. The van der Waals surface area contributed by atoms with Crippen LogP contribution in [0.1, 0.15) is 419 Å². The van der Waals surface area contributed by atoms with Crippen LogP contribution in [0.4, 0.5) is 0 Å². The van der Waals surface area contributed by atoms with Crippen molar-refractivity contribution in [2.45, 2.75) is 425 Å². The van der Waals surface area contributed by atoms with E-state index >= 15 is 0 Å². The number of esters is 3. The Labute approximate surface area is 506 Å². The Kier molecular flexibility index (Phi) is 68.5. The van der Waals surface area contributed by atoms with Crippen molar-refractivity contribution in [2.75, 3.05) is 13.2 Å². The highest BCUT2D eigenvalue weighted by molar-refractivity contribution is 5.71. The first-order valence-electron chi connectivity index (χ1n) is 36.8. The van der Waals surface area contributed by atoms with E-state index in [2.05, 4.69) is 45.1 Å². The molecule has 0 fully saturated rings. The highest BCUT2D eigenvalue weighted by atomic mass is 16.6. The monoisotopic (exact) mass is 1140 g/mol. The molecule has 1 unspecified atom stereocenters. The quantitative estimate of drug-likeness (QED) is 0.0261. The Morgan fingerprint density at radius 1 is 0.247 bits per heavy atom. The lowest BCUT2D eigenvalue weighted by molar-refractivity contribution is -0.167. The second-order valence-corrected chi connectivity index (χ2v) is 25.2. The van der Waals surface area contributed by atoms with E-state index in [-0.39, 0.29) is 31.1 Å². The lowest BCUT2D eigenvalue weighted by Crippen LogP contribution is -2.30. The fourth-order valence-corrected chi connectivity index (χ4v) is 11.4. The maximum atomic E-state index is 12.9. The van der Waals surface area contributed by atoms with E-state index in [1.54, 1.807) is 0 Å². The third-order valence-electron chi connectivity index (χ3n) is 17.0. The van der Waals surface area contributed by atoms with Crippen LogP contribution < -0.4 is 0 Å². The molecule has 0 amide bonds. The molecule has 81 heavy (non-hydrogen) atoms. The van der Waals surface area contributed by atoms with Crippen LogP contribution >= 0.6 is 0 Å². The zero-order valence-corrected chi connectivity index (χ0v) is 55.1. The Morgan fingerprint density at radius 3 is 0.704 bits per heavy atom. The molecule has 6 heteroatoms. The summed E-state index contributed by atoms with van der Waals surface area (Å²) in [7, 11) is 0. The average Bonchev–Trinajstić information content (AvgIpc) is 3.47. The van der Waals surface area contributed by atoms with Crippen LogP contribution in [0.25, 0.3) is 0 Å². The SMILES string of the molecule is CCCCC/C=C\C/C=C\CCCCCCCCCCCC(=O)OC(COC(=O)CCCCCCCCCCCCCCCC)COC(=O)CCCCCCCCCCCCCCCCCCCCCCCCCCCCCCCC. The summed E-state index contributed by atoms with van der Waals surface area (Å²) < 4.78 is 17.0. The van der Waals surface area contributed by atoms with Crippen LogP contribution in [-0.2, 0) is 28.6 Å². The third kappa shape index (κ3) is 68.6. The van der Waals surface area contributed by atoms with Crippen LogP contribution in [0.3, 0.4) is 0 Å². The van der Waals surface area contributed by atoms with Crippen molar-refractivity contribution >= 4 is 17.9 Å². The van der Waals surface area contributed by atoms with Crippen molar-refractivity contribution in [3.05, 3.63) is 24.3 Å². The summed E-state index contributed by atoms with van der Waals surface area (Å²) in [5.41, 5.74) is 0. The van der Waals surface area contributed by atoms with Crippen LogP contribution in [0.15, 0.2) is 24.3 Å². The van der Waals surface area contributed by atoms with Gasteiger partial charge in [0, 0.05) is 19.3 Å². The molecule has 6 nitrogen and oxygen atoms in total. The molecule has 0 aliphatic heterocycles. The fraction of sp³-hybridized carbons (Fsp3) is 0.907. The van der Waals surface area contributed by atoms with Gasteiger partial charge in [0.15, 0.2) is 6.10 Å². The zero-order chi connectivity index (χ0) is 58.5. The van der Waals surface area contributed by atoms with Crippen molar-refractivity contribution in [1.29, 1.82) is 0 Å². The first-order chi connectivity index (χ1) is 40.0. The third-order valence-corrected chi connectivity index (χ3v) is 17.0. The lowest BCUT2D eigenvalue weighted by atomic mass is 10.0. The molecule has 0 N–H and O–H groups in total. The summed E-state index contributed by atoms with van der Waals surface area (Å²) in [6.45, 7) is 6.70. The van der Waals surface area contributed by atoms with Crippen molar-refractivity contribution in [3.8, 4) is 0 Å². The predicted octanol–water partition coefficient (Wildman–Crippen LogP) is 25.3. The van der Waals surface area contributed by atoms with Crippen LogP contribution in [0.2, 0.25) is 0 Å². The van der Waals surface area contributed by atoms with Crippen LogP contribution in [0, 0.1) is 0 Å². The molecule has 0 aliphatic carbocycles. The highest BCUT2D eigenvalue weighted by Gasteiger charge is 2.20.